The number of hydrogen-bond acceptors (Lipinski definition) is 7. The molecular weight excluding hydrogens is 712 g/mol. The van der Waals surface area contributed by atoms with E-state index in [1.807, 2.05) is 72.2 Å². The van der Waals surface area contributed by atoms with Crippen LogP contribution in [0.15, 0.2) is 91.5 Å². The molecule has 2 aromatic carbocycles. The van der Waals surface area contributed by atoms with Crippen LogP contribution in [0, 0.1) is 6.92 Å². The lowest BCUT2D eigenvalue weighted by Crippen LogP contribution is -2.41. The van der Waals surface area contributed by atoms with Crippen LogP contribution >= 0.6 is 22.6 Å². The summed E-state index contributed by atoms with van der Waals surface area (Å²) in [4.78, 5) is 37.8. The molecule has 2 fully saturated rings. The van der Waals surface area contributed by atoms with E-state index in [1.54, 1.807) is 18.3 Å². The number of carbonyl (C=O) groups excluding carboxylic acids is 2. The summed E-state index contributed by atoms with van der Waals surface area (Å²) in [5.74, 6) is -1.31. The molecule has 1 aliphatic carbocycles. The second-order valence-electron chi connectivity index (χ2n) is 12.0. The van der Waals surface area contributed by atoms with Gasteiger partial charge in [-0.15, -0.1) is 0 Å². The first-order valence-corrected chi connectivity index (χ1v) is 16.6. The fourth-order valence-corrected chi connectivity index (χ4v) is 7.08. The smallest absolute Gasteiger partial charge is 0.355 e. The van der Waals surface area contributed by atoms with Crippen molar-refractivity contribution in [3.05, 3.63) is 114 Å². The number of nitrogens with zero attached hydrogens (tertiary/aromatic N) is 4. The number of nitrogens with one attached hydrogen (secondary N) is 1. The van der Waals surface area contributed by atoms with Crippen molar-refractivity contribution in [3.63, 3.8) is 0 Å². The average molecular weight is 746 g/mol. The van der Waals surface area contributed by atoms with Crippen molar-refractivity contribution in [3.8, 4) is 11.1 Å². The van der Waals surface area contributed by atoms with Crippen molar-refractivity contribution in [1.29, 1.82) is 0 Å². The van der Waals surface area contributed by atoms with Gasteiger partial charge in [-0.25, -0.2) is 14.2 Å². The fourth-order valence-electron chi connectivity index (χ4n) is 6.11. The summed E-state index contributed by atoms with van der Waals surface area (Å²) in [6.07, 6.45) is 8.09. The first kappa shape index (κ1) is 31.3. The number of halogens is 2. The van der Waals surface area contributed by atoms with Crippen LogP contribution in [0.3, 0.4) is 0 Å². The lowest BCUT2D eigenvalue weighted by Gasteiger charge is -2.29. The third kappa shape index (κ3) is 6.09. The summed E-state index contributed by atoms with van der Waals surface area (Å²) in [7, 11) is 0. The standard InChI is InChI=1S/C36H33FIN5O4/c1-24-7-8-28(21-29(24)27-19-30(42-15-17-46-18-16-42)32-40-13-14-43(32)22-27)41-33(44)26-9-12-39-31(20-26)35(10-11-35)36(37,38)34(45)47-23-25-5-3-2-4-6-25/h2-9,12-14,19-22H,10-11,15-18,23H2,1H3,(H,41,44). The average Bonchev–Trinajstić information content (AvgIpc) is 3.80. The number of pyridine rings is 2. The maximum absolute atomic E-state index is 16.2. The zero-order chi connectivity index (χ0) is 32.6. The maximum Gasteiger partial charge on any atom is 0.355 e. The van der Waals surface area contributed by atoms with E-state index in [4.69, 9.17) is 9.47 Å². The van der Waals surface area contributed by atoms with Crippen LogP contribution in [-0.4, -0.2) is 56.2 Å². The zero-order valence-electron chi connectivity index (χ0n) is 25.8. The Bertz CT molecular complexity index is 1950. The van der Waals surface area contributed by atoms with Gasteiger partial charge in [0.05, 0.1) is 30.0 Å². The molecule has 1 N–H and O–H groups in total. The minimum Gasteiger partial charge on any atom is -0.458 e. The number of aromatic nitrogens is 3. The number of morpholine rings is 1. The molecule has 4 heterocycles. The summed E-state index contributed by atoms with van der Waals surface area (Å²) < 4.78 is 26.8. The molecule has 47 heavy (non-hydrogen) atoms. The van der Waals surface area contributed by atoms with Crippen molar-refractivity contribution in [2.24, 2.45) is 0 Å². The van der Waals surface area contributed by atoms with Gasteiger partial charge in [-0.2, -0.15) is 0 Å². The van der Waals surface area contributed by atoms with Gasteiger partial charge in [0.25, 0.3) is 9.58 Å². The van der Waals surface area contributed by atoms with Crippen LogP contribution in [-0.2, 0) is 26.3 Å². The maximum atomic E-state index is 16.2. The van der Waals surface area contributed by atoms with Gasteiger partial charge >= 0.3 is 5.97 Å². The van der Waals surface area contributed by atoms with Crippen LogP contribution in [0.2, 0.25) is 0 Å². The number of ether oxygens (including phenoxy) is 2. The molecule has 1 saturated carbocycles. The van der Waals surface area contributed by atoms with Gasteiger partial charge in [-0.3, -0.25) is 9.78 Å². The molecule has 1 amide bonds. The molecule has 11 heteroatoms. The Hall–Kier alpha value is -4.36. The molecular formula is C36H33FIN5O4. The monoisotopic (exact) mass is 745 g/mol. The predicted octanol–water partition coefficient (Wildman–Crippen LogP) is 6.67. The first-order valence-electron chi connectivity index (χ1n) is 15.5. The highest BCUT2D eigenvalue weighted by Gasteiger charge is 2.66. The Morgan fingerprint density at radius 1 is 1.04 bits per heavy atom. The van der Waals surface area contributed by atoms with Gasteiger partial charge < -0.3 is 24.1 Å². The van der Waals surface area contributed by atoms with Crippen molar-refractivity contribution in [1.82, 2.24) is 14.4 Å². The Balaban J connectivity index is 1.11. The van der Waals surface area contributed by atoms with Crippen LogP contribution in [0.5, 0.6) is 0 Å². The summed E-state index contributed by atoms with van der Waals surface area (Å²) in [5, 5.41) is 3.00. The lowest BCUT2D eigenvalue weighted by molar-refractivity contribution is -0.153. The van der Waals surface area contributed by atoms with Crippen molar-refractivity contribution >= 4 is 51.5 Å². The quantitative estimate of drug-likeness (QED) is 0.102. The molecule has 3 aromatic heterocycles. The van der Waals surface area contributed by atoms with E-state index in [9.17, 15) is 9.59 Å². The number of anilines is 2. The second-order valence-corrected chi connectivity index (χ2v) is 13.5. The SMILES string of the molecule is Cc1ccc(NC(=O)c2ccnc(C3(C(F)(I)C(=O)OCc4ccccc4)CC3)c2)cc1-c1cc(N2CCOCC2)c2nccn2c1. The molecule has 5 aromatic rings. The number of imidazole rings is 1. The molecule has 1 atom stereocenters. The second kappa shape index (κ2) is 12.7. The number of alkyl halides is 2. The lowest BCUT2D eigenvalue weighted by atomic mass is 9.94. The molecule has 0 radical (unpaired) electrons. The molecule has 7 rings (SSSR count). The minimum atomic E-state index is -2.34. The highest BCUT2D eigenvalue weighted by Crippen LogP contribution is 2.60. The zero-order valence-corrected chi connectivity index (χ0v) is 27.9. The third-order valence-electron chi connectivity index (χ3n) is 8.96. The van der Waals surface area contributed by atoms with Gasteiger partial charge in [-0.05, 0) is 89.4 Å². The number of amides is 1. The highest BCUT2D eigenvalue weighted by molar-refractivity contribution is 14.1. The van der Waals surface area contributed by atoms with E-state index in [1.165, 1.54) is 28.8 Å². The van der Waals surface area contributed by atoms with E-state index in [0.29, 0.717) is 43.0 Å². The molecule has 0 bridgehead atoms. The van der Waals surface area contributed by atoms with Crippen LogP contribution in [0.4, 0.5) is 15.8 Å². The van der Waals surface area contributed by atoms with Crippen LogP contribution < -0.4 is 10.2 Å². The first-order chi connectivity index (χ1) is 22.7. The molecule has 2 aliphatic rings. The number of benzene rings is 2. The number of aryl methyl sites for hydroxylation is 1. The molecule has 0 spiro atoms. The van der Waals surface area contributed by atoms with Gasteiger partial charge in [0.15, 0.2) is 5.65 Å². The topological polar surface area (TPSA) is 98.1 Å². The van der Waals surface area contributed by atoms with Gasteiger partial charge in [0, 0.05) is 54.7 Å². The Labute approximate surface area is 285 Å². The number of esters is 1. The minimum absolute atomic E-state index is 0.0243. The Kier molecular flexibility index (Phi) is 8.43. The third-order valence-corrected chi connectivity index (χ3v) is 10.4. The van der Waals surface area contributed by atoms with Gasteiger partial charge in [0.1, 0.15) is 6.61 Å². The van der Waals surface area contributed by atoms with E-state index in [2.05, 4.69) is 26.3 Å². The van der Waals surface area contributed by atoms with Crippen LogP contribution in [0.1, 0.15) is 40.0 Å². The number of fused-ring (bicyclic) bond motifs is 1. The Morgan fingerprint density at radius 3 is 2.60 bits per heavy atom. The largest absolute Gasteiger partial charge is 0.458 e. The molecule has 240 valence electrons. The summed E-state index contributed by atoms with van der Waals surface area (Å²) in [6.45, 7) is 4.91. The number of hydrogen-bond donors (Lipinski definition) is 1. The van der Waals surface area contributed by atoms with Gasteiger partial charge in [0.2, 0.25) is 0 Å². The van der Waals surface area contributed by atoms with Crippen molar-refractivity contribution in [2.45, 2.75) is 35.5 Å². The molecule has 1 saturated heterocycles. The number of carbonyl (C=O) groups is 2. The summed E-state index contributed by atoms with van der Waals surface area (Å²) in [5.41, 5.74) is 5.83. The Morgan fingerprint density at radius 2 is 1.83 bits per heavy atom. The molecule has 1 aliphatic heterocycles. The fraction of sp³-hybridized carbons (Fsp3) is 0.278. The van der Waals surface area contributed by atoms with E-state index in [0.717, 1.165) is 46.7 Å². The predicted molar refractivity (Wildman–Crippen MR) is 186 cm³/mol. The summed E-state index contributed by atoms with van der Waals surface area (Å²) >= 11 is 1.54. The highest BCUT2D eigenvalue weighted by atomic mass is 127. The van der Waals surface area contributed by atoms with E-state index < -0.39 is 15.1 Å². The van der Waals surface area contributed by atoms with Crippen molar-refractivity contribution < 1.29 is 23.5 Å². The molecule has 9 nitrogen and oxygen atoms in total. The number of rotatable bonds is 9. The summed E-state index contributed by atoms with van der Waals surface area (Å²) in [6, 6.07) is 20.3. The normalized spacial score (nSPS) is 16.8. The van der Waals surface area contributed by atoms with Crippen molar-refractivity contribution in [2.75, 3.05) is 36.5 Å². The van der Waals surface area contributed by atoms with E-state index in [-0.39, 0.29) is 12.5 Å². The molecule has 1 unspecified atom stereocenters. The van der Waals surface area contributed by atoms with E-state index >= 15 is 4.39 Å². The van der Waals surface area contributed by atoms with Crippen LogP contribution in [0.25, 0.3) is 16.8 Å². The van der Waals surface area contributed by atoms with Gasteiger partial charge in [-0.1, -0.05) is 36.4 Å².